The van der Waals surface area contributed by atoms with E-state index in [9.17, 15) is 5.11 Å². The molecule has 7 nitrogen and oxygen atoms in total. The molecule has 1 aromatic heterocycles. The van der Waals surface area contributed by atoms with Gasteiger partial charge >= 0.3 is 0 Å². The van der Waals surface area contributed by atoms with E-state index in [2.05, 4.69) is 44.6 Å². The first-order valence-electron chi connectivity index (χ1n) is 10.2. The lowest BCUT2D eigenvalue weighted by Gasteiger charge is -2.33. The molecule has 1 aliphatic rings. The first-order valence-corrected chi connectivity index (χ1v) is 10.2. The Kier molecular flexibility index (Phi) is 7.16. The number of anilines is 1. The number of guanidine groups is 1. The molecular weight excluding hydrogens is 366 g/mol. The van der Waals surface area contributed by atoms with Gasteiger partial charge in [-0.15, -0.1) is 0 Å². The van der Waals surface area contributed by atoms with Gasteiger partial charge in [0.1, 0.15) is 17.3 Å². The summed E-state index contributed by atoms with van der Waals surface area (Å²) >= 11 is 0. The number of phenols is 1. The number of hydrogen-bond donors (Lipinski definition) is 3. The molecule has 0 bridgehead atoms. The zero-order chi connectivity index (χ0) is 20.6. The maximum Gasteiger partial charge on any atom is 0.191 e. The highest BCUT2D eigenvalue weighted by molar-refractivity contribution is 5.80. The summed E-state index contributed by atoms with van der Waals surface area (Å²) in [5.41, 5.74) is 1.92. The van der Waals surface area contributed by atoms with Gasteiger partial charge in [-0.1, -0.05) is 6.07 Å². The van der Waals surface area contributed by atoms with Crippen molar-refractivity contribution in [1.82, 2.24) is 15.6 Å². The molecule has 156 valence electrons. The smallest absolute Gasteiger partial charge is 0.191 e. The van der Waals surface area contributed by atoms with E-state index >= 15 is 0 Å². The molecule has 0 atom stereocenters. The molecule has 0 aliphatic carbocycles. The van der Waals surface area contributed by atoms with Crippen LogP contribution >= 0.6 is 0 Å². The minimum atomic E-state index is 0.226. The van der Waals surface area contributed by atoms with Crippen LogP contribution in [-0.4, -0.2) is 48.8 Å². The van der Waals surface area contributed by atoms with E-state index in [0.717, 1.165) is 49.8 Å². The third-order valence-electron chi connectivity index (χ3n) is 5.09. The highest BCUT2D eigenvalue weighted by atomic mass is 16.5. The van der Waals surface area contributed by atoms with E-state index in [-0.39, 0.29) is 5.75 Å². The highest BCUT2D eigenvalue weighted by Crippen LogP contribution is 2.23. The number of ether oxygens (including phenoxy) is 1. The van der Waals surface area contributed by atoms with Crippen LogP contribution in [-0.2, 0) is 6.54 Å². The maximum atomic E-state index is 10.1. The summed E-state index contributed by atoms with van der Waals surface area (Å²) in [6.07, 6.45) is 3.96. The van der Waals surface area contributed by atoms with Crippen LogP contribution in [0.1, 0.15) is 30.9 Å². The van der Waals surface area contributed by atoms with Gasteiger partial charge in [-0.05, 0) is 56.5 Å². The Bertz CT molecular complexity index is 814. The van der Waals surface area contributed by atoms with Crippen LogP contribution in [0.3, 0.4) is 0 Å². The molecule has 0 unspecified atom stereocenters. The highest BCUT2D eigenvalue weighted by Gasteiger charge is 2.21. The lowest BCUT2D eigenvalue weighted by Crippen LogP contribution is -2.48. The van der Waals surface area contributed by atoms with E-state index in [1.807, 2.05) is 19.2 Å². The molecule has 0 saturated carbocycles. The molecular formula is C22H31N5O2. The van der Waals surface area contributed by atoms with Gasteiger partial charge in [0.05, 0.1) is 13.7 Å². The molecule has 3 rings (SSSR count). The number of piperidine rings is 1. The minimum Gasteiger partial charge on any atom is -0.508 e. The van der Waals surface area contributed by atoms with Crippen LogP contribution in [0.2, 0.25) is 0 Å². The third-order valence-corrected chi connectivity index (χ3v) is 5.09. The quantitative estimate of drug-likeness (QED) is 0.514. The average molecular weight is 398 g/mol. The topological polar surface area (TPSA) is 82.0 Å². The van der Waals surface area contributed by atoms with Crippen LogP contribution in [0.15, 0.2) is 41.5 Å². The lowest BCUT2D eigenvalue weighted by atomic mass is 10.1. The molecule has 1 aliphatic heterocycles. The Morgan fingerprint density at radius 1 is 1.28 bits per heavy atom. The number of phenolic OH excluding ortho intramolecular Hbond substituents is 1. The Labute approximate surface area is 172 Å². The summed E-state index contributed by atoms with van der Waals surface area (Å²) in [7, 11) is 1.61. The van der Waals surface area contributed by atoms with Crippen LogP contribution in [0.5, 0.6) is 11.5 Å². The minimum absolute atomic E-state index is 0.226. The Morgan fingerprint density at radius 3 is 2.72 bits per heavy atom. The molecule has 7 heteroatoms. The van der Waals surface area contributed by atoms with Gasteiger partial charge in [0, 0.05) is 37.4 Å². The average Bonchev–Trinajstić information content (AvgIpc) is 2.74. The summed E-state index contributed by atoms with van der Waals surface area (Å²) in [4.78, 5) is 11.5. The van der Waals surface area contributed by atoms with Gasteiger partial charge in [-0.25, -0.2) is 9.98 Å². The summed E-state index contributed by atoms with van der Waals surface area (Å²) in [6.45, 7) is 7.19. The molecule has 0 radical (unpaired) electrons. The summed E-state index contributed by atoms with van der Waals surface area (Å²) in [6, 6.07) is 9.75. The Balaban J connectivity index is 1.58. The van der Waals surface area contributed by atoms with Crippen LogP contribution < -0.4 is 20.3 Å². The first-order chi connectivity index (χ1) is 14.1. The largest absolute Gasteiger partial charge is 0.508 e. The van der Waals surface area contributed by atoms with Crippen molar-refractivity contribution in [2.45, 2.75) is 39.3 Å². The van der Waals surface area contributed by atoms with Gasteiger partial charge in [0.2, 0.25) is 0 Å². The molecule has 2 aromatic rings. The first kappa shape index (κ1) is 20.8. The number of aryl methyl sites for hydroxylation is 1. The van der Waals surface area contributed by atoms with Crippen LogP contribution in [0.25, 0.3) is 0 Å². The van der Waals surface area contributed by atoms with E-state index < -0.39 is 0 Å². The monoisotopic (exact) mass is 397 g/mol. The van der Waals surface area contributed by atoms with Gasteiger partial charge in [0.15, 0.2) is 5.96 Å². The third kappa shape index (κ3) is 5.76. The number of aromatic hydroxyl groups is 1. The molecule has 0 amide bonds. The SMILES string of the molecule is CCNC(=NCc1cc(OC)ccc1O)NC1CCN(c2ccc(C)cn2)CC1. The summed E-state index contributed by atoms with van der Waals surface area (Å²) in [5.74, 6) is 2.75. The van der Waals surface area contributed by atoms with Gasteiger partial charge in [-0.3, -0.25) is 0 Å². The fourth-order valence-electron chi connectivity index (χ4n) is 3.39. The van der Waals surface area contributed by atoms with Crippen molar-refractivity contribution in [2.75, 3.05) is 31.6 Å². The molecule has 1 aromatic carbocycles. The van der Waals surface area contributed by atoms with Gasteiger partial charge in [-0.2, -0.15) is 0 Å². The fraction of sp³-hybridized carbons (Fsp3) is 0.455. The number of aliphatic imine (C=N–C) groups is 1. The second-order valence-electron chi connectivity index (χ2n) is 7.29. The number of rotatable bonds is 6. The van der Waals surface area contributed by atoms with E-state index in [4.69, 9.17) is 4.74 Å². The molecule has 29 heavy (non-hydrogen) atoms. The van der Waals surface area contributed by atoms with E-state index in [0.29, 0.717) is 18.3 Å². The van der Waals surface area contributed by atoms with Crippen molar-refractivity contribution in [1.29, 1.82) is 0 Å². The number of nitrogens with zero attached hydrogens (tertiary/aromatic N) is 3. The van der Waals surface area contributed by atoms with E-state index in [1.165, 1.54) is 5.56 Å². The predicted molar refractivity (Wildman–Crippen MR) is 117 cm³/mol. The van der Waals surface area contributed by atoms with Crippen molar-refractivity contribution >= 4 is 11.8 Å². The number of benzene rings is 1. The van der Waals surface area contributed by atoms with Crippen molar-refractivity contribution < 1.29 is 9.84 Å². The Hall–Kier alpha value is -2.96. The molecule has 0 spiro atoms. The van der Waals surface area contributed by atoms with Crippen molar-refractivity contribution in [3.05, 3.63) is 47.7 Å². The molecule has 1 fully saturated rings. The second-order valence-corrected chi connectivity index (χ2v) is 7.29. The normalized spacial score (nSPS) is 15.3. The Morgan fingerprint density at radius 2 is 2.07 bits per heavy atom. The number of methoxy groups -OCH3 is 1. The van der Waals surface area contributed by atoms with Crippen molar-refractivity contribution in [3.63, 3.8) is 0 Å². The zero-order valence-corrected chi connectivity index (χ0v) is 17.5. The second kappa shape index (κ2) is 10.0. The number of pyridine rings is 1. The summed E-state index contributed by atoms with van der Waals surface area (Å²) in [5, 5.41) is 16.9. The van der Waals surface area contributed by atoms with Crippen molar-refractivity contribution in [2.24, 2.45) is 4.99 Å². The van der Waals surface area contributed by atoms with Gasteiger partial charge in [0.25, 0.3) is 0 Å². The van der Waals surface area contributed by atoms with Crippen LogP contribution in [0.4, 0.5) is 5.82 Å². The predicted octanol–water partition coefficient (Wildman–Crippen LogP) is 2.83. The van der Waals surface area contributed by atoms with Gasteiger partial charge < -0.3 is 25.4 Å². The van der Waals surface area contributed by atoms with E-state index in [1.54, 1.807) is 19.2 Å². The fourth-order valence-corrected chi connectivity index (χ4v) is 3.39. The standard InChI is InChI=1S/C22H31N5O2/c1-4-23-22(25-15-17-13-19(29-3)6-7-20(17)28)26-18-9-11-27(12-10-18)21-8-5-16(2)14-24-21/h5-8,13-14,18,28H,4,9-12,15H2,1-3H3,(H2,23,25,26). The molecule has 3 N–H and O–H groups in total. The zero-order valence-electron chi connectivity index (χ0n) is 17.5. The summed E-state index contributed by atoms with van der Waals surface area (Å²) < 4.78 is 5.24. The maximum absolute atomic E-state index is 10.1. The number of aromatic nitrogens is 1. The number of nitrogens with one attached hydrogen (secondary N) is 2. The molecule has 2 heterocycles. The lowest BCUT2D eigenvalue weighted by molar-refractivity contribution is 0.410. The number of hydrogen-bond acceptors (Lipinski definition) is 5. The van der Waals surface area contributed by atoms with Crippen LogP contribution in [0, 0.1) is 6.92 Å². The van der Waals surface area contributed by atoms with Crippen molar-refractivity contribution in [3.8, 4) is 11.5 Å². The molecule has 1 saturated heterocycles.